The van der Waals surface area contributed by atoms with Gasteiger partial charge >= 0.3 is 11.8 Å². The van der Waals surface area contributed by atoms with Gasteiger partial charge in [0.25, 0.3) is 11.7 Å². The molecule has 16 nitrogen and oxygen atoms in total. The standard InChI is InChI=1S/C42H56N4O12/c1-20-11-10-12-21(2)41(54)45-32-27(19-44-46-16-14-43-15-17-46)36(51)29-30(37(32)52)35(50)25(6)39-31(29)40(53)42(8,58-39)56-18-13-28(55-9)22(3)38(57-26(7)47)24(5)34(49)23(4)33(20)48/h10-13,18-20,22-24,28,33-34,38,43,48-52H,14-17H2,1-9H3,(H,45,54)/t20-,22+,23-,24-,28+,33-,34-,38-,42-/m0/s1. The third kappa shape index (κ3) is 8.51. The lowest BCUT2D eigenvalue weighted by atomic mass is 9.78. The molecule has 4 heterocycles. The average molecular weight is 809 g/mol. The zero-order valence-corrected chi connectivity index (χ0v) is 34.4. The van der Waals surface area contributed by atoms with E-state index < -0.39 is 88.8 Å². The van der Waals surface area contributed by atoms with E-state index in [1.54, 1.807) is 44.9 Å². The summed E-state index contributed by atoms with van der Waals surface area (Å²) in [4.78, 5) is 40.4. The maximum absolute atomic E-state index is 14.4. The van der Waals surface area contributed by atoms with E-state index in [1.807, 2.05) is 0 Å². The van der Waals surface area contributed by atoms with Crippen molar-refractivity contribution < 1.29 is 58.9 Å². The summed E-state index contributed by atoms with van der Waals surface area (Å²) in [5, 5.41) is 69.8. The normalized spacial score (nSPS) is 30.1. The Bertz CT molecular complexity index is 2040. The number of amides is 1. The second-order valence-electron chi connectivity index (χ2n) is 15.6. The number of rotatable bonds is 4. The number of aliphatic hydroxyl groups excluding tert-OH is 2. The van der Waals surface area contributed by atoms with Crippen molar-refractivity contribution >= 4 is 40.3 Å². The van der Waals surface area contributed by atoms with Crippen LogP contribution in [0.2, 0.25) is 0 Å². The summed E-state index contributed by atoms with van der Waals surface area (Å²) in [6.07, 6.45) is 4.83. The van der Waals surface area contributed by atoms with Gasteiger partial charge in [0.1, 0.15) is 23.4 Å². The van der Waals surface area contributed by atoms with Gasteiger partial charge in [-0.1, -0.05) is 45.9 Å². The summed E-state index contributed by atoms with van der Waals surface area (Å²) >= 11 is 0. The molecule has 0 saturated carbocycles. The molecule has 6 rings (SSSR count). The zero-order chi connectivity index (χ0) is 42.8. The van der Waals surface area contributed by atoms with Crippen molar-refractivity contribution in [3.05, 3.63) is 52.8 Å². The maximum atomic E-state index is 14.4. The van der Waals surface area contributed by atoms with Crippen LogP contribution in [-0.2, 0) is 23.8 Å². The highest BCUT2D eigenvalue weighted by Crippen LogP contribution is 2.55. The predicted molar refractivity (Wildman–Crippen MR) is 216 cm³/mol. The summed E-state index contributed by atoms with van der Waals surface area (Å²) in [5.74, 6) is -8.36. The molecule has 1 amide bonds. The van der Waals surface area contributed by atoms with E-state index in [0.29, 0.717) is 26.2 Å². The van der Waals surface area contributed by atoms with Crippen LogP contribution in [-0.4, -0.2) is 118 Å². The van der Waals surface area contributed by atoms with Crippen LogP contribution in [0.15, 0.2) is 41.2 Å². The number of ketones is 1. The highest BCUT2D eigenvalue weighted by Gasteiger charge is 2.50. The Morgan fingerprint density at radius 3 is 2.28 bits per heavy atom. The highest BCUT2D eigenvalue weighted by atomic mass is 16.7. The fourth-order valence-corrected chi connectivity index (χ4v) is 7.78. The number of aromatic hydroxyl groups is 3. The van der Waals surface area contributed by atoms with Gasteiger partial charge in [0.2, 0.25) is 0 Å². The number of phenolic OH excluding ortho intramolecular Hbond substituents is 3. The van der Waals surface area contributed by atoms with E-state index in [4.69, 9.17) is 18.9 Å². The number of hydrogen-bond acceptors (Lipinski definition) is 15. The third-order valence-electron chi connectivity index (χ3n) is 11.5. The van der Waals surface area contributed by atoms with Crippen LogP contribution >= 0.6 is 0 Å². The van der Waals surface area contributed by atoms with Crippen molar-refractivity contribution in [2.75, 3.05) is 38.6 Å². The first-order valence-electron chi connectivity index (χ1n) is 19.4. The Morgan fingerprint density at radius 1 is 0.966 bits per heavy atom. The van der Waals surface area contributed by atoms with Gasteiger partial charge in [-0.3, -0.25) is 19.4 Å². The Kier molecular flexibility index (Phi) is 13.5. The first-order valence-corrected chi connectivity index (χ1v) is 19.4. The minimum atomic E-state index is -2.04. The van der Waals surface area contributed by atoms with Crippen molar-refractivity contribution in [2.45, 2.75) is 85.6 Å². The molecule has 58 heavy (non-hydrogen) atoms. The van der Waals surface area contributed by atoms with Gasteiger partial charge in [0.15, 0.2) is 5.75 Å². The lowest BCUT2D eigenvalue weighted by molar-refractivity contribution is -0.160. The van der Waals surface area contributed by atoms with Gasteiger partial charge < -0.3 is 55.1 Å². The number of nitrogens with zero attached hydrogens (tertiary/aromatic N) is 2. The topological polar surface area (TPSA) is 229 Å². The maximum Gasteiger partial charge on any atom is 0.312 e. The lowest BCUT2D eigenvalue weighted by Gasteiger charge is -2.38. The quantitative estimate of drug-likeness (QED) is 0.100. The number of hydrazone groups is 1. The molecule has 2 aromatic rings. The van der Waals surface area contributed by atoms with Crippen molar-refractivity contribution in [3.63, 3.8) is 0 Å². The van der Waals surface area contributed by atoms with E-state index in [9.17, 15) is 39.9 Å². The highest BCUT2D eigenvalue weighted by molar-refractivity contribution is 6.23. The molecule has 0 aromatic heterocycles. The van der Waals surface area contributed by atoms with Crippen LogP contribution in [0.1, 0.15) is 70.0 Å². The first-order chi connectivity index (χ1) is 27.3. The molecular weight excluding hydrogens is 752 g/mol. The molecule has 7 N–H and O–H groups in total. The van der Waals surface area contributed by atoms with Crippen LogP contribution < -0.4 is 15.4 Å². The van der Waals surface area contributed by atoms with Crippen molar-refractivity contribution in [3.8, 4) is 23.0 Å². The van der Waals surface area contributed by atoms with Gasteiger partial charge in [-0.05, 0) is 19.9 Å². The molecule has 2 aromatic carbocycles. The third-order valence-corrected chi connectivity index (χ3v) is 11.5. The van der Waals surface area contributed by atoms with E-state index in [1.165, 1.54) is 59.4 Å². The number of piperazine rings is 1. The fourth-order valence-electron chi connectivity index (χ4n) is 7.78. The lowest BCUT2D eigenvalue weighted by Crippen LogP contribution is -2.46. The van der Waals surface area contributed by atoms with E-state index >= 15 is 0 Å². The summed E-state index contributed by atoms with van der Waals surface area (Å²) < 4.78 is 23.6. The number of carbonyl (C=O) groups excluding carboxylic acids is 3. The molecule has 0 spiro atoms. The Balaban J connectivity index is 1.71. The summed E-state index contributed by atoms with van der Waals surface area (Å²) in [7, 11) is 1.44. The Labute approximate surface area is 337 Å². The van der Waals surface area contributed by atoms with Gasteiger partial charge in [-0.2, -0.15) is 5.10 Å². The minimum Gasteiger partial charge on any atom is -0.507 e. The second-order valence-corrected chi connectivity index (χ2v) is 15.6. The van der Waals surface area contributed by atoms with Gasteiger partial charge in [0, 0.05) is 87.3 Å². The molecule has 316 valence electrons. The largest absolute Gasteiger partial charge is 0.507 e. The number of methoxy groups -OCH3 is 1. The molecule has 0 aliphatic carbocycles. The number of allylic oxidation sites excluding steroid dienone is 2. The number of phenols is 3. The molecular formula is C42H56N4O12. The molecule has 4 aliphatic rings. The molecule has 16 heteroatoms. The number of nitrogens with one attached hydrogen (secondary N) is 2. The number of carbonyl (C=O) groups is 3. The molecule has 0 unspecified atom stereocenters. The van der Waals surface area contributed by atoms with Crippen LogP contribution in [0, 0.1) is 30.6 Å². The van der Waals surface area contributed by atoms with Crippen LogP contribution in [0.25, 0.3) is 10.8 Å². The van der Waals surface area contributed by atoms with Gasteiger partial charge in [-0.25, -0.2) is 0 Å². The van der Waals surface area contributed by atoms with E-state index in [0.717, 1.165) is 0 Å². The predicted octanol–water partition coefficient (Wildman–Crippen LogP) is 3.99. The van der Waals surface area contributed by atoms with Gasteiger partial charge in [-0.15, -0.1) is 0 Å². The Morgan fingerprint density at radius 2 is 1.64 bits per heavy atom. The van der Waals surface area contributed by atoms with E-state index in [2.05, 4.69) is 15.7 Å². The number of anilines is 1. The van der Waals surface area contributed by atoms with Crippen molar-refractivity contribution in [1.82, 2.24) is 10.3 Å². The molecule has 4 aliphatic heterocycles. The first kappa shape index (κ1) is 44.0. The molecule has 1 saturated heterocycles. The average Bonchev–Trinajstić information content (AvgIpc) is 3.46. The number of esters is 1. The summed E-state index contributed by atoms with van der Waals surface area (Å²) in [6.45, 7) is 14.9. The monoisotopic (exact) mass is 808 g/mol. The van der Waals surface area contributed by atoms with Crippen LogP contribution in [0.4, 0.5) is 5.69 Å². The number of aliphatic hydroxyl groups is 2. The zero-order valence-electron chi connectivity index (χ0n) is 34.4. The molecule has 1 fully saturated rings. The number of fused-ring (bicyclic) bond motifs is 14. The number of benzene rings is 2. The summed E-state index contributed by atoms with van der Waals surface area (Å²) in [5.41, 5.74) is -0.364. The fraction of sp³-hybridized carbons (Fsp3) is 0.524. The van der Waals surface area contributed by atoms with Crippen molar-refractivity contribution in [2.24, 2.45) is 28.8 Å². The summed E-state index contributed by atoms with van der Waals surface area (Å²) in [6, 6.07) is 0. The van der Waals surface area contributed by atoms with Crippen LogP contribution in [0.5, 0.6) is 23.0 Å². The number of Topliss-reactive ketones (excluding diaryl/α,β-unsaturated/α-hetero) is 1. The minimum absolute atomic E-state index is 0.0544. The second kappa shape index (κ2) is 17.8. The molecule has 5 bridgehead atoms. The molecule has 0 radical (unpaired) electrons. The smallest absolute Gasteiger partial charge is 0.312 e. The number of ether oxygens (including phenoxy) is 4. The van der Waals surface area contributed by atoms with Gasteiger partial charge in [0.05, 0.1) is 53.0 Å². The number of hydrogen-bond donors (Lipinski definition) is 7. The molecule has 9 atom stereocenters. The van der Waals surface area contributed by atoms with Crippen LogP contribution in [0.3, 0.4) is 0 Å². The van der Waals surface area contributed by atoms with E-state index in [-0.39, 0.29) is 44.5 Å². The Hall–Kier alpha value is -5.16. The van der Waals surface area contributed by atoms with Crippen molar-refractivity contribution in [1.29, 1.82) is 0 Å². The SMILES string of the molecule is CO[C@@H]1C=CO[C@@]2(C)Oc3c(C)c(O)c4c(O)c(c(C=NN5CCNCC5)c(O)c4c3C2=O)NC(=O)C(C)=CC=C[C@H](C)[C@H](O)[C@H](C)[C@H](O)[C@H](C)[C@@H](OC(C)=O)[C@@H]1C.